The Kier molecular flexibility index (Phi) is 5.92. The van der Waals surface area contributed by atoms with Gasteiger partial charge in [0.25, 0.3) is 0 Å². The van der Waals surface area contributed by atoms with E-state index in [4.69, 9.17) is 19.9 Å². The van der Waals surface area contributed by atoms with E-state index in [1.54, 1.807) is 13.8 Å². The van der Waals surface area contributed by atoms with E-state index in [0.717, 1.165) is 17.4 Å². The van der Waals surface area contributed by atoms with Gasteiger partial charge in [0.05, 0.1) is 24.7 Å². The Hall–Kier alpha value is -3.27. The molecule has 152 valence electrons. The average Bonchev–Trinajstić information content (AvgIpc) is 3.03. The first-order valence-corrected chi connectivity index (χ1v) is 9.40. The lowest BCUT2D eigenvalue weighted by Gasteiger charge is -2.07. The zero-order chi connectivity index (χ0) is 21.1. The summed E-state index contributed by atoms with van der Waals surface area (Å²) < 4.78 is 29.0. The van der Waals surface area contributed by atoms with Crippen LogP contribution in [0.5, 0.6) is 5.75 Å². The number of nitrogens with zero attached hydrogens (tertiary/aromatic N) is 2. The zero-order valence-electron chi connectivity index (χ0n) is 15.9. The van der Waals surface area contributed by atoms with Crippen LogP contribution in [0.25, 0.3) is 10.2 Å². The number of fused-ring (bicyclic) bond motifs is 1. The van der Waals surface area contributed by atoms with Crippen molar-refractivity contribution in [3.8, 4) is 5.75 Å². The number of hydrogen-bond donors (Lipinski definition) is 1. The van der Waals surface area contributed by atoms with E-state index >= 15 is 0 Å². The van der Waals surface area contributed by atoms with Gasteiger partial charge in [0, 0.05) is 6.07 Å². The minimum Gasteiger partial charge on any atom is -0.497 e. The molecule has 10 heteroatoms. The van der Waals surface area contributed by atoms with Crippen molar-refractivity contribution in [1.29, 1.82) is 0 Å². The third-order valence-electron chi connectivity index (χ3n) is 4.05. The molecular formula is C19H18FN3O5S. The fraction of sp³-hybridized carbons (Fsp3) is 0.263. The van der Waals surface area contributed by atoms with Crippen molar-refractivity contribution in [3.05, 3.63) is 45.8 Å². The number of hydrogen-bond acceptors (Lipinski definition) is 9. The van der Waals surface area contributed by atoms with Gasteiger partial charge >= 0.3 is 11.9 Å². The van der Waals surface area contributed by atoms with Crippen molar-refractivity contribution >= 4 is 39.3 Å². The number of halogens is 1. The van der Waals surface area contributed by atoms with Crippen molar-refractivity contribution in [2.24, 2.45) is 0 Å². The van der Waals surface area contributed by atoms with Crippen LogP contribution in [0.1, 0.15) is 38.3 Å². The lowest BCUT2D eigenvalue weighted by Crippen LogP contribution is -2.10. The summed E-state index contributed by atoms with van der Waals surface area (Å²) in [5.74, 6) is -1.53. The molecule has 0 fully saturated rings. The largest absolute Gasteiger partial charge is 0.497 e. The molecule has 3 aromatic rings. The lowest BCUT2D eigenvalue weighted by molar-refractivity contribution is 0.0456. The van der Waals surface area contributed by atoms with E-state index in [1.165, 1.54) is 19.2 Å². The van der Waals surface area contributed by atoms with E-state index in [1.807, 2.05) is 0 Å². The Morgan fingerprint density at radius 2 is 1.97 bits per heavy atom. The number of thiophene rings is 1. The number of esters is 2. The minimum atomic E-state index is -0.873. The number of rotatable bonds is 6. The Morgan fingerprint density at radius 1 is 1.21 bits per heavy atom. The van der Waals surface area contributed by atoms with Gasteiger partial charge in [-0.1, -0.05) is 0 Å². The van der Waals surface area contributed by atoms with Gasteiger partial charge in [-0.2, -0.15) is 0 Å². The molecule has 1 aromatic carbocycles. The predicted octanol–water partition coefficient (Wildman–Crippen LogP) is 3.26. The van der Waals surface area contributed by atoms with Crippen LogP contribution in [-0.4, -0.2) is 35.6 Å². The molecule has 3 rings (SSSR count). The van der Waals surface area contributed by atoms with Gasteiger partial charge in [0.15, 0.2) is 12.4 Å². The molecule has 2 N–H and O–H groups in total. The number of anilines is 1. The fourth-order valence-electron chi connectivity index (χ4n) is 2.67. The molecule has 0 bridgehead atoms. The highest BCUT2D eigenvalue weighted by Gasteiger charge is 2.21. The monoisotopic (exact) mass is 419 g/mol. The molecule has 0 aliphatic heterocycles. The molecule has 2 aromatic heterocycles. The van der Waals surface area contributed by atoms with Crippen LogP contribution in [0.15, 0.2) is 18.2 Å². The highest BCUT2D eigenvalue weighted by molar-refractivity contribution is 7.20. The number of benzene rings is 1. The number of ether oxygens (including phenoxy) is 3. The SMILES string of the molecule is CCOC(=O)c1sc2nc(COC(=O)c3ccc(OC)cc3F)nc(N)c2c1C. The molecule has 2 heterocycles. The summed E-state index contributed by atoms with van der Waals surface area (Å²) in [5, 5.41) is 0.550. The summed E-state index contributed by atoms with van der Waals surface area (Å²) in [6.07, 6.45) is 0. The van der Waals surface area contributed by atoms with E-state index < -0.39 is 17.8 Å². The molecule has 0 atom stereocenters. The van der Waals surface area contributed by atoms with Crippen LogP contribution >= 0.6 is 11.3 Å². The van der Waals surface area contributed by atoms with Gasteiger partial charge in [-0.05, 0) is 31.5 Å². The molecule has 0 unspecified atom stereocenters. The van der Waals surface area contributed by atoms with E-state index in [2.05, 4.69) is 9.97 Å². The summed E-state index contributed by atoms with van der Waals surface area (Å²) in [7, 11) is 1.39. The molecular weight excluding hydrogens is 401 g/mol. The van der Waals surface area contributed by atoms with Crippen molar-refractivity contribution < 1.29 is 28.2 Å². The lowest BCUT2D eigenvalue weighted by atomic mass is 10.2. The molecule has 0 saturated heterocycles. The van der Waals surface area contributed by atoms with Crippen LogP contribution in [0, 0.1) is 12.7 Å². The van der Waals surface area contributed by atoms with E-state index in [-0.39, 0.29) is 36.2 Å². The standard InChI is InChI=1S/C19H18FN3O5S/c1-4-27-19(25)15-9(2)14-16(21)22-13(23-17(14)29-15)8-28-18(24)11-6-5-10(26-3)7-12(11)20/h5-7H,4,8H2,1-3H3,(H2,21,22,23). The first-order valence-electron chi connectivity index (χ1n) is 8.59. The van der Waals surface area contributed by atoms with Gasteiger partial charge in [0.1, 0.15) is 27.1 Å². The maximum Gasteiger partial charge on any atom is 0.348 e. The molecule has 0 spiro atoms. The Morgan fingerprint density at radius 3 is 2.62 bits per heavy atom. The maximum absolute atomic E-state index is 14.0. The average molecular weight is 419 g/mol. The third-order valence-corrected chi connectivity index (χ3v) is 5.22. The Labute approximate surface area is 169 Å². The number of methoxy groups -OCH3 is 1. The summed E-state index contributed by atoms with van der Waals surface area (Å²) in [5.41, 5.74) is 6.40. The number of nitrogens with two attached hydrogens (primary N) is 1. The highest BCUT2D eigenvalue weighted by Crippen LogP contribution is 2.33. The second-order valence-corrected chi connectivity index (χ2v) is 6.90. The van der Waals surface area contributed by atoms with Gasteiger partial charge in [-0.3, -0.25) is 0 Å². The first-order chi connectivity index (χ1) is 13.8. The summed E-state index contributed by atoms with van der Waals surface area (Å²) in [4.78, 5) is 33.5. The molecule has 29 heavy (non-hydrogen) atoms. The quantitative estimate of drug-likeness (QED) is 0.606. The summed E-state index contributed by atoms with van der Waals surface area (Å²) >= 11 is 1.12. The minimum absolute atomic E-state index is 0.133. The maximum atomic E-state index is 14.0. The third kappa shape index (κ3) is 4.11. The van der Waals surface area contributed by atoms with Crippen molar-refractivity contribution in [2.75, 3.05) is 19.5 Å². The van der Waals surface area contributed by atoms with Crippen molar-refractivity contribution in [2.45, 2.75) is 20.5 Å². The normalized spacial score (nSPS) is 10.8. The topological polar surface area (TPSA) is 114 Å². The van der Waals surface area contributed by atoms with Crippen molar-refractivity contribution in [3.63, 3.8) is 0 Å². The molecule has 0 radical (unpaired) electrons. The second-order valence-electron chi connectivity index (χ2n) is 5.90. The van der Waals surface area contributed by atoms with Crippen LogP contribution in [0.4, 0.5) is 10.2 Å². The molecule has 0 aliphatic rings. The highest BCUT2D eigenvalue weighted by atomic mass is 32.1. The van der Waals surface area contributed by atoms with Gasteiger partial charge in [-0.25, -0.2) is 23.9 Å². The number of carbonyl (C=O) groups is 2. The van der Waals surface area contributed by atoms with Gasteiger partial charge in [-0.15, -0.1) is 11.3 Å². The van der Waals surface area contributed by atoms with Crippen LogP contribution in [0.3, 0.4) is 0 Å². The Bertz CT molecular complexity index is 1100. The number of aryl methyl sites for hydroxylation is 1. The fourth-order valence-corrected chi connectivity index (χ4v) is 3.77. The molecule has 0 saturated carbocycles. The molecule has 8 nitrogen and oxygen atoms in total. The first kappa shape index (κ1) is 20.5. The summed E-state index contributed by atoms with van der Waals surface area (Å²) in [6.45, 7) is 3.39. The molecule has 0 amide bonds. The van der Waals surface area contributed by atoms with Crippen LogP contribution < -0.4 is 10.5 Å². The second kappa shape index (κ2) is 8.39. The summed E-state index contributed by atoms with van der Waals surface area (Å²) in [6, 6.07) is 3.80. The number of aromatic nitrogens is 2. The number of nitrogen functional groups attached to an aromatic ring is 1. The van der Waals surface area contributed by atoms with Gasteiger partial charge in [0.2, 0.25) is 0 Å². The van der Waals surface area contributed by atoms with Crippen molar-refractivity contribution in [1.82, 2.24) is 9.97 Å². The van der Waals surface area contributed by atoms with Gasteiger partial charge < -0.3 is 19.9 Å². The predicted molar refractivity (Wildman–Crippen MR) is 105 cm³/mol. The van der Waals surface area contributed by atoms with Crippen LogP contribution in [-0.2, 0) is 16.1 Å². The Balaban J connectivity index is 1.82. The molecule has 0 aliphatic carbocycles. The zero-order valence-corrected chi connectivity index (χ0v) is 16.8. The van der Waals surface area contributed by atoms with Crippen LogP contribution in [0.2, 0.25) is 0 Å². The van der Waals surface area contributed by atoms with E-state index in [0.29, 0.717) is 20.7 Å². The smallest absolute Gasteiger partial charge is 0.348 e. The van der Waals surface area contributed by atoms with E-state index in [9.17, 15) is 14.0 Å². The number of carbonyl (C=O) groups excluding carboxylic acids is 2.